The van der Waals surface area contributed by atoms with Gasteiger partial charge in [-0.1, -0.05) is 6.92 Å². The molecule has 6 nitrogen and oxygen atoms in total. The summed E-state index contributed by atoms with van der Waals surface area (Å²) in [6.45, 7) is 1.90. The van der Waals surface area contributed by atoms with E-state index in [0.717, 1.165) is 0 Å². The van der Waals surface area contributed by atoms with Gasteiger partial charge in [-0.25, -0.2) is 17.9 Å². The number of hydrogen-bond donors (Lipinski definition) is 1. The minimum absolute atomic E-state index is 0.0751. The molecule has 1 N–H and O–H groups in total. The lowest BCUT2D eigenvalue weighted by Crippen LogP contribution is -2.28. The van der Waals surface area contributed by atoms with Crippen LogP contribution in [0.25, 0.3) is 11.0 Å². The van der Waals surface area contributed by atoms with Crippen molar-refractivity contribution in [2.45, 2.75) is 11.8 Å². The molecule has 114 valence electrons. The highest BCUT2D eigenvalue weighted by molar-refractivity contribution is 7.89. The quantitative estimate of drug-likeness (QED) is 0.793. The van der Waals surface area contributed by atoms with Crippen LogP contribution in [0.1, 0.15) is 6.92 Å². The second kappa shape index (κ2) is 6.50. The van der Waals surface area contributed by atoms with E-state index in [1.54, 1.807) is 6.92 Å². The largest absolute Gasteiger partial charge is 0.423 e. The summed E-state index contributed by atoms with van der Waals surface area (Å²) in [5.74, 6) is 0.773. The molecule has 0 aliphatic carbocycles. The van der Waals surface area contributed by atoms with Crippen LogP contribution in [0, 0.1) is 0 Å². The van der Waals surface area contributed by atoms with E-state index in [-0.39, 0.29) is 17.2 Å². The van der Waals surface area contributed by atoms with Crippen LogP contribution in [0.15, 0.2) is 44.4 Å². The number of fused-ring (bicyclic) bond motifs is 1. The summed E-state index contributed by atoms with van der Waals surface area (Å²) in [6, 6.07) is 6.97. The van der Waals surface area contributed by atoms with Gasteiger partial charge in [-0.2, -0.15) is 0 Å². The number of nitrogens with one attached hydrogen (secondary N) is 1. The fourth-order valence-electron chi connectivity index (χ4n) is 1.73. The highest BCUT2D eigenvalue weighted by atomic mass is 32.2. The lowest BCUT2D eigenvalue weighted by molar-refractivity contribution is 0.560. The van der Waals surface area contributed by atoms with Crippen molar-refractivity contribution < 1.29 is 17.0 Å². The van der Waals surface area contributed by atoms with Crippen LogP contribution in [0.2, 0.25) is 0 Å². The molecule has 0 amide bonds. The Labute approximate surface area is 124 Å². The molecule has 1 aromatic carbocycles. The van der Waals surface area contributed by atoms with E-state index in [1.165, 1.54) is 30.3 Å². The molecule has 21 heavy (non-hydrogen) atoms. The van der Waals surface area contributed by atoms with Crippen LogP contribution in [0.3, 0.4) is 0 Å². The van der Waals surface area contributed by atoms with Crippen LogP contribution in [-0.4, -0.2) is 30.7 Å². The Hall–Kier alpha value is -1.51. The summed E-state index contributed by atoms with van der Waals surface area (Å²) in [5.41, 5.74) is -0.160. The van der Waals surface area contributed by atoms with E-state index in [9.17, 15) is 17.4 Å². The molecule has 1 aromatic heterocycles. The predicted octanol–water partition coefficient (Wildman–Crippen LogP) is 0.840. The lowest BCUT2D eigenvalue weighted by atomic mass is 10.2. The van der Waals surface area contributed by atoms with Gasteiger partial charge >= 0.3 is 5.63 Å². The van der Waals surface area contributed by atoms with Gasteiger partial charge in [-0.05, 0) is 24.3 Å². The molecule has 0 spiro atoms. The summed E-state index contributed by atoms with van der Waals surface area (Å²) in [5, 5.41) is 0.523. The molecule has 0 saturated heterocycles. The Bertz CT molecular complexity index is 826. The topological polar surface area (TPSA) is 93.4 Å². The highest BCUT2D eigenvalue weighted by Gasteiger charge is 2.14. The molecular weight excluding hydrogens is 314 g/mol. The molecular formula is C13H15NO5S2. The molecule has 0 aliphatic rings. The number of hydrogen-bond acceptors (Lipinski definition) is 5. The summed E-state index contributed by atoms with van der Waals surface area (Å²) in [4.78, 5) is 11.1. The molecule has 0 radical (unpaired) electrons. The first-order valence-corrected chi connectivity index (χ1v) is 9.28. The molecule has 8 heteroatoms. The van der Waals surface area contributed by atoms with Gasteiger partial charge in [0.1, 0.15) is 5.58 Å². The third kappa shape index (κ3) is 3.99. The normalized spacial score (nSPS) is 13.4. The third-order valence-electron chi connectivity index (χ3n) is 2.84. The highest BCUT2D eigenvalue weighted by Crippen LogP contribution is 2.17. The van der Waals surface area contributed by atoms with Gasteiger partial charge in [0.2, 0.25) is 10.0 Å². The molecule has 0 unspecified atom stereocenters. The predicted molar refractivity (Wildman–Crippen MR) is 81.2 cm³/mol. The Balaban J connectivity index is 2.22. The van der Waals surface area contributed by atoms with Crippen molar-refractivity contribution in [3.63, 3.8) is 0 Å². The van der Waals surface area contributed by atoms with E-state index < -0.39 is 26.4 Å². The van der Waals surface area contributed by atoms with Gasteiger partial charge in [0.25, 0.3) is 0 Å². The maximum absolute atomic E-state index is 12.1. The van der Waals surface area contributed by atoms with Crippen molar-refractivity contribution in [3.05, 3.63) is 40.8 Å². The first-order valence-electron chi connectivity index (χ1n) is 6.31. The first kappa shape index (κ1) is 15.9. The fraction of sp³-hybridized carbons (Fsp3) is 0.308. The van der Waals surface area contributed by atoms with Crippen molar-refractivity contribution in [2.75, 3.05) is 18.1 Å². The molecule has 1 atom stereocenters. The zero-order chi connectivity index (χ0) is 15.5. The molecule has 0 saturated carbocycles. The lowest BCUT2D eigenvalue weighted by Gasteiger charge is -2.07. The average molecular weight is 329 g/mol. The standard InChI is InChI=1S/C13H15NO5S2/c1-2-20(16)8-7-14-21(17,18)11-4-5-12-10(9-11)3-6-13(15)19-12/h3-6,9,14H,2,7-8H2,1H3/t20-/m0/s1. The zero-order valence-electron chi connectivity index (χ0n) is 11.4. The van der Waals surface area contributed by atoms with E-state index in [1.807, 2.05) is 0 Å². The maximum atomic E-state index is 12.1. The van der Waals surface area contributed by atoms with Crippen molar-refractivity contribution in [2.24, 2.45) is 0 Å². The van der Waals surface area contributed by atoms with Gasteiger partial charge in [-0.15, -0.1) is 0 Å². The Kier molecular flexibility index (Phi) is 4.92. The van der Waals surface area contributed by atoms with Crippen LogP contribution >= 0.6 is 0 Å². The molecule has 0 fully saturated rings. The van der Waals surface area contributed by atoms with E-state index in [0.29, 0.717) is 16.7 Å². The molecule has 0 aliphatic heterocycles. The van der Waals surface area contributed by atoms with Crippen LogP contribution < -0.4 is 10.3 Å². The number of sulfonamides is 1. The maximum Gasteiger partial charge on any atom is 0.336 e. The molecule has 2 aromatic rings. The summed E-state index contributed by atoms with van der Waals surface area (Å²) in [6.07, 6.45) is 0. The third-order valence-corrected chi connectivity index (χ3v) is 5.61. The van der Waals surface area contributed by atoms with Gasteiger partial charge in [0.05, 0.1) is 4.90 Å². The van der Waals surface area contributed by atoms with Gasteiger partial charge < -0.3 is 4.42 Å². The number of benzene rings is 1. The average Bonchev–Trinajstić information content (AvgIpc) is 2.46. The fourth-order valence-corrected chi connectivity index (χ4v) is 3.55. The second-order valence-electron chi connectivity index (χ2n) is 4.28. The monoisotopic (exact) mass is 329 g/mol. The zero-order valence-corrected chi connectivity index (χ0v) is 13.0. The van der Waals surface area contributed by atoms with Crippen molar-refractivity contribution in [1.82, 2.24) is 4.72 Å². The Morgan fingerprint density at radius 2 is 2.00 bits per heavy atom. The van der Waals surface area contributed by atoms with E-state index in [2.05, 4.69) is 4.72 Å². The first-order chi connectivity index (χ1) is 9.92. The SMILES string of the molecule is CC[S@](=O)CCNS(=O)(=O)c1ccc2oc(=O)ccc2c1. The Morgan fingerprint density at radius 3 is 2.71 bits per heavy atom. The van der Waals surface area contributed by atoms with Crippen molar-refractivity contribution in [3.8, 4) is 0 Å². The van der Waals surface area contributed by atoms with Crippen molar-refractivity contribution >= 4 is 31.8 Å². The summed E-state index contributed by atoms with van der Waals surface area (Å²) in [7, 11) is -4.69. The molecule has 0 bridgehead atoms. The van der Waals surface area contributed by atoms with E-state index >= 15 is 0 Å². The smallest absolute Gasteiger partial charge is 0.336 e. The van der Waals surface area contributed by atoms with Crippen molar-refractivity contribution in [1.29, 1.82) is 0 Å². The minimum Gasteiger partial charge on any atom is -0.423 e. The second-order valence-corrected chi connectivity index (χ2v) is 7.92. The summed E-state index contributed by atoms with van der Waals surface area (Å²) < 4.78 is 42.8. The van der Waals surface area contributed by atoms with Crippen LogP contribution in [0.4, 0.5) is 0 Å². The Morgan fingerprint density at radius 1 is 1.24 bits per heavy atom. The van der Waals surface area contributed by atoms with Gasteiger partial charge in [-0.3, -0.25) is 4.21 Å². The van der Waals surface area contributed by atoms with E-state index in [4.69, 9.17) is 4.42 Å². The van der Waals surface area contributed by atoms with Gasteiger partial charge in [0, 0.05) is 40.3 Å². The molecule has 2 rings (SSSR count). The van der Waals surface area contributed by atoms with Gasteiger partial charge in [0.15, 0.2) is 0 Å². The number of rotatable bonds is 6. The minimum atomic E-state index is -3.67. The van der Waals surface area contributed by atoms with Crippen LogP contribution in [-0.2, 0) is 20.8 Å². The molecule has 1 heterocycles. The van der Waals surface area contributed by atoms with Crippen LogP contribution in [0.5, 0.6) is 0 Å². The summed E-state index contributed by atoms with van der Waals surface area (Å²) >= 11 is 0.